The molecule has 246 valence electrons. The van der Waals surface area contributed by atoms with Gasteiger partial charge in [0.25, 0.3) is 5.56 Å². The first-order chi connectivity index (χ1) is 23.3. The summed E-state index contributed by atoms with van der Waals surface area (Å²) in [4.78, 5) is 36.9. The summed E-state index contributed by atoms with van der Waals surface area (Å²) in [5.74, 6) is 3.68. The van der Waals surface area contributed by atoms with E-state index < -0.39 is 6.03 Å². The minimum Gasteiger partial charge on any atom is -0.494 e. The van der Waals surface area contributed by atoms with Gasteiger partial charge in [-0.1, -0.05) is 58.0 Å². The van der Waals surface area contributed by atoms with E-state index in [1.165, 1.54) is 5.56 Å². The predicted molar refractivity (Wildman–Crippen MR) is 195 cm³/mol. The van der Waals surface area contributed by atoms with E-state index in [0.717, 1.165) is 40.6 Å². The number of aromatic nitrogens is 3. The highest BCUT2D eigenvalue weighted by molar-refractivity contribution is 6.07. The molecular formula is C40H43N5O3. The van der Waals surface area contributed by atoms with E-state index in [-0.39, 0.29) is 23.1 Å². The van der Waals surface area contributed by atoms with Crippen LogP contribution in [-0.2, 0) is 13.0 Å². The number of nitrogens with zero attached hydrogens (tertiary/aromatic N) is 3. The zero-order valence-corrected chi connectivity index (χ0v) is 28.1. The van der Waals surface area contributed by atoms with Crippen LogP contribution >= 0.6 is 0 Å². The average Bonchev–Trinajstić information content (AvgIpc) is 3.08. The van der Waals surface area contributed by atoms with E-state index in [1.807, 2.05) is 66.7 Å². The number of nitrogens with one attached hydrogen (secondary N) is 2. The number of pyridine rings is 3. The van der Waals surface area contributed by atoms with Gasteiger partial charge >= 0.3 is 6.03 Å². The van der Waals surface area contributed by atoms with Gasteiger partial charge in [-0.3, -0.25) is 14.3 Å². The molecule has 0 saturated heterocycles. The molecular weight excluding hydrogens is 598 g/mol. The summed E-state index contributed by atoms with van der Waals surface area (Å²) in [5.41, 5.74) is 5.67. The lowest BCUT2D eigenvalue weighted by molar-refractivity contribution is 0.262. The first-order valence-corrected chi connectivity index (χ1v) is 16.6. The van der Waals surface area contributed by atoms with E-state index in [0.29, 0.717) is 43.0 Å². The molecule has 3 heterocycles. The Bertz CT molecular complexity index is 1950. The number of urea groups is 1. The zero-order chi connectivity index (χ0) is 34.0. The molecule has 0 bridgehead atoms. The number of hydrogen-bond donors (Lipinski definition) is 2. The lowest BCUT2D eigenvalue weighted by atomic mass is 9.93. The van der Waals surface area contributed by atoms with Crippen molar-refractivity contribution in [2.75, 3.05) is 17.2 Å². The number of rotatable bonds is 13. The van der Waals surface area contributed by atoms with E-state index in [1.54, 1.807) is 23.2 Å². The van der Waals surface area contributed by atoms with Crippen molar-refractivity contribution in [1.29, 1.82) is 0 Å². The maximum Gasteiger partial charge on any atom is 0.323 e. The maximum atomic E-state index is 14.3. The third kappa shape index (κ3) is 7.92. The molecule has 0 aliphatic rings. The second kappa shape index (κ2) is 15.9. The summed E-state index contributed by atoms with van der Waals surface area (Å²) >= 11 is 0. The number of unbranched alkanes of at least 4 members (excludes halogenated alkanes) is 1. The monoisotopic (exact) mass is 641 g/mol. The molecule has 0 fully saturated rings. The molecule has 0 aliphatic carbocycles. The Balaban J connectivity index is 1.54. The van der Waals surface area contributed by atoms with Gasteiger partial charge in [0.05, 0.1) is 6.61 Å². The summed E-state index contributed by atoms with van der Waals surface area (Å²) in [5, 5.41) is 6.81. The van der Waals surface area contributed by atoms with Crippen LogP contribution in [0.2, 0.25) is 0 Å². The van der Waals surface area contributed by atoms with Crippen molar-refractivity contribution in [3.05, 3.63) is 112 Å². The van der Waals surface area contributed by atoms with Crippen molar-refractivity contribution >= 4 is 28.4 Å². The van der Waals surface area contributed by atoms with Gasteiger partial charge in [-0.05, 0) is 89.8 Å². The van der Waals surface area contributed by atoms with Crippen molar-refractivity contribution in [3.8, 4) is 29.2 Å². The number of terminal acetylenes is 1. The first-order valence-electron chi connectivity index (χ1n) is 16.6. The molecule has 0 unspecified atom stereocenters. The summed E-state index contributed by atoms with van der Waals surface area (Å²) in [6.45, 7) is 9.27. The molecule has 8 nitrogen and oxygen atoms in total. The van der Waals surface area contributed by atoms with Gasteiger partial charge in [0.2, 0.25) is 0 Å². The van der Waals surface area contributed by atoms with E-state index in [9.17, 15) is 9.59 Å². The minimum absolute atomic E-state index is 0.164. The molecule has 2 amide bonds. The number of benzene rings is 2. The van der Waals surface area contributed by atoms with Gasteiger partial charge in [0.1, 0.15) is 17.1 Å². The largest absolute Gasteiger partial charge is 0.494 e. The fourth-order valence-electron chi connectivity index (χ4n) is 5.95. The fraction of sp³-hybridized carbons (Fsp3) is 0.300. The second-order valence-electron chi connectivity index (χ2n) is 12.4. The number of fused-ring (bicyclic) bond motifs is 1. The number of aryl methyl sites for hydroxylation is 2. The Morgan fingerprint density at radius 1 is 0.896 bits per heavy atom. The van der Waals surface area contributed by atoms with Crippen molar-refractivity contribution in [2.45, 2.75) is 71.8 Å². The summed E-state index contributed by atoms with van der Waals surface area (Å²) < 4.78 is 7.76. The van der Waals surface area contributed by atoms with Crippen LogP contribution in [0.1, 0.15) is 75.5 Å². The van der Waals surface area contributed by atoms with Crippen LogP contribution in [0.3, 0.4) is 0 Å². The number of amides is 2. The van der Waals surface area contributed by atoms with Crippen molar-refractivity contribution in [2.24, 2.45) is 0 Å². The smallest absolute Gasteiger partial charge is 0.323 e. The lowest BCUT2D eigenvalue weighted by Crippen LogP contribution is -2.30. The second-order valence-corrected chi connectivity index (χ2v) is 12.4. The number of para-hydroxylation sites is 1. The van der Waals surface area contributed by atoms with Crippen LogP contribution in [0.5, 0.6) is 5.75 Å². The topological polar surface area (TPSA) is 98.1 Å². The zero-order valence-electron chi connectivity index (χ0n) is 28.1. The highest BCUT2D eigenvalue weighted by Crippen LogP contribution is 2.36. The van der Waals surface area contributed by atoms with Gasteiger partial charge in [0.15, 0.2) is 0 Å². The van der Waals surface area contributed by atoms with E-state index >= 15 is 0 Å². The molecule has 0 spiro atoms. The van der Waals surface area contributed by atoms with Crippen LogP contribution < -0.4 is 20.9 Å². The van der Waals surface area contributed by atoms with Gasteiger partial charge < -0.3 is 15.4 Å². The number of anilines is 2. The van der Waals surface area contributed by atoms with Crippen LogP contribution in [0, 0.1) is 12.3 Å². The van der Waals surface area contributed by atoms with Gasteiger partial charge in [-0.15, -0.1) is 12.3 Å². The molecule has 0 aliphatic heterocycles. The number of ether oxygens (including phenoxy) is 1. The summed E-state index contributed by atoms with van der Waals surface area (Å²) in [7, 11) is 0. The molecule has 0 saturated carbocycles. The molecule has 5 aromatic rings. The Kier molecular flexibility index (Phi) is 11.3. The highest BCUT2D eigenvalue weighted by Gasteiger charge is 2.23. The Hall–Kier alpha value is -5.42. The van der Waals surface area contributed by atoms with Gasteiger partial charge in [-0.25, -0.2) is 9.78 Å². The number of hydrogen-bond acceptors (Lipinski definition) is 5. The molecule has 3 aromatic heterocycles. The maximum absolute atomic E-state index is 14.3. The normalized spacial score (nSPS) is 11.1. The molecule has 0 radical (unpaired) electrons. The Labute approximate surface area is 282 Å². The lowest BCUT2D eigenvalue weighted by Gasteiger charge is -2.22. The summed E-state index contributed by atoms with van der Waals surface area (Å²) in [6.07, 6.45) is 13.6. The van der Waals surface area contributed by atoms with Crippen molar-refractivity contribution in [3.63, 3.8) is 0 Å². The third-order valence-electron chi connectivity index (χ3n) is 8.32. The Morgan fingerprint density at radius 2 is 1.60 bits per heavy atom. The third-order valence-corrected chi connectivity index (χ3v) is 8.32. The van der Waals surface area contributed by atoms with Crippen LogP contribution in [-0.4, -0.2) is 27.2 Å². The van der Waals surface area contributed by atoms with Crippen molar-refractivity contribution < 1.29 is 9.53 Å². The minimum atomic E-state index is -0.495. The predicted octanol–water partition coefficient (Wildman–Crippen LogP) is 8.77. The van der Waals surface area contributed by atoms with Gasteiger partial charge in [0, 0.05) is 48.2 Å². The molecule has 2 N–H and O–H groups in total. The highest BCUT2D eigenvalue weighted by atomic mass is 16.5. The molecule has 5 rings (SSSR count). The molecule has 0 atom stereocenters. The molecule has 48 heavy (non-hydrogen) atoms. The van der Waals surface area contributed by atoms with E-state index in [4.69, 9.17) is 11.2 Å². The fourth-order valence-corrected chi connectivity index (χ4v) is 5.95. The molecule has 2 aromatic carbocycles. The standard InChI is InChI=1S/C40H43N5O3/c1-6-7-8-24-45-38-34(18-11-21-42-38)35(30-14-9-15-31(26-30)48-25-12-13-29-19-22-41-23-20-29)37(39(45)46)44-40(47)43-36-32(27(2)3)16-10-17-33(36)28(4)5/h1,9-11,14-23,26-28H,7-8,12-13,24-25H2,2-5H3,(H2,43,44,47). The van der Waals surface area contributed by atoms with E-state index in [2.05, 4.69) is 54.2 Å². The number of carbonyl (C=O) groups is 1. The first kappa shape index (κ1) is 33.9. The van der Waals surface area contributed by atoms with Gasteiger partial charge in [-0.2, -0.15) is 0 Å². The average molecular weight is 642 g/mol. The summed E-state index contributed by atoms with van der Waals surface area (Å²) in [6, 6.07) is 21.0. The van der Waals surface area contributed by atoms with Crippen LogP contribution in [0.4, 0.5) is 16.2 Å². The van der Waals surface area contributed by atoms with Crippen LogP contribution in [0.25, 0.3) is 22.2 Å². The Morgan fingerprint density at radius 3 is 2.31 bits per heavy atom. The van der Waals surface area contributed by atoms with Crippen molar-refractivity contribution in [1.82, 2.24) is 14.5 Å². The SMILES string of the molecule is C#CCCCn1c(=O)c(NC(=O)Nc2c(C(C)C)cccc2C(C)C)c(-c2cccc(OCCCc3ccncc3)c2)c2cccnc21. The quantitative estimate of drug-likeness (QED) is 0.0989. The van der Waals surface area contributed by atoms with Crippen LogP contribution in [0.15, 0.2) is 90.1 Å². The molecule has 8 heteroatoms. The number of carbonyl (C=O) groups excluding carboxylic acids is 1.